The Morgan fingerprint density at radius 3 is 2.61 bits per heavy atom. The molecule has 0 aliphatic rings. The number of amides is 1. The molecule has 0 aliphatic carbocycles. The van der Waals surface area contributed by atoms with Crippen LogP contribution in [0.1, 0.15) is 32.1 Å². The van der Waals surface area contributed by atoms with E-state index in [1.165, 1.54) is 6.92 Å². The molecule has 2 heterocycles. The maximum absolute atomic E-state index is 13.0. The summed E-state index contributed by atoms with van der Waals surface area (Å²) in [6, 6.07) is 7.38. The first-order chi connectivity index (χ1) is 13.1. The van der Waals surface area contributed by atoms with Gasteiger partial charge in [-0.05, 0) is 36.5 Å². The monoisotopic (exact) mass is 408 g/mol. The predicted octanol–water partition coefficient (Wildman–Crippen LogP) is 2.54. The lowest BCUT2D eigenvalue weighted by Crippen LogP contribution is -2.30. The van der Waals surface area contributed by atoms with Crippen molar-refractivity contribution in [3.63, 3.8) is 0 Å². The van der Waals surface area contributed by atoms with Gasteiger partial charge in [-0.1, -0.05) is 24.3 Å². The molecule has 3 aromatic rings. The number of pyridine rings is 1. The van der Waals surface area contributed by atoms with E-state index in [1.807, 2.05) is 0 Å². The number of carbonyl (C=O) groups is 1. The molecule has 2 aromatic heterocycles. The van der Waals surface area contributed by atoms with Gasteiger partial charge in [-0.25, -0.2) is 4.98 Å². The van der Waals surface area contributed by atoms with Crippen LogP contribution in [0.5, 0.6) is 0 Å². The normalized spacial score (nSPS) is 11.7. The SMILES string of the molecule is Cc1sc2nc(C(F)(F)F)cc(C)c2c1C(=O)NCc1cccc(B(O)O)c1. The number of thiophene rings is 1. The standard InChI is InChI=1S/C18H16BF3N2O3S/c1-9-6-13(18(20,21)22)24-17-14(9)15(10(2)28-17)16(25)23-8-11-4-3-5-12(7-11)19(26)27/h3-7,26-27H,8H2,1-2H3,(H,23,25). The smallest absolute Gasteiger partial charge is 0.423 e. The predicted molar refractivity (Wildman–Crippen MR) is 102 cm³/mol. The quantitative estimate of drug-likeness (QED) is 0.580. The van der Waals surface area contributed by atoms with E-state index in [1.54, 1.807) is 31.2 Å². The van der Waals surface area contributed by atoms with Crippen molar-refractivity contribution >= 4 is 40.0 Å². The summed E-state index contributed by atoms with van der Waals surface area (Å²) in [4.78, 5) is 17.1. The van der Waals surface area contributed by atoms with Crippen LogP contribution in [0.15, 0.2) is 30.3 Å². The van der Waals surface area contributed by atoms with E-state index in [9.17, 15) is 28.0 Å². The molecule has 0 aliphatic heterocycles. The van der Waals surface area contributed by atoms with Gasteiger partial charge in [0.15, 0.2) is 0 Å². The highest BCUT2D eigenvalue weighted by Gasteiger charge is 2.34. The van der Waals surface area contributed by atoms with Crippen molar-refractivity contribution in [2.75, 3.05) is 0 Å². The molecule has 0 unspecified atom stereocenters. The number of benzene rings is 1. The van der Waals surface area contributed by atoms with Gasteiger partial charge in [0.1, 0.15) is 10.5 Å². The fraction of sp³-hybridized carbons (Fsp3) is 0.222. The average molecular weight is 408 g/mol. The van der Waals surface area contributed by atoms with E-state index in [4.69, 9.17) is 0 Å². The van der Waals surface area contributed by atoms with Gasteiger partial charge in [-0.15, -0.1) is 11.3 Å². The Bertz CT molecular complexity index is 1050. The third kappa shape index (κ3) is 4.03. The second-order valence-corrected chi connectivity index (χ2v) is 7.54. The summed E-state index contributed by atoms with van der Waals surface area (Å²) in [5.74, 6) is -0.427. The molecule has 0 bridgehead atoms. The number of carbonyl (C=O) groups excluding carboxylic acids is 1. The number of halogens is 3. The molecular formula is C18H16BF3N2O3S. The minimum Gasteiger partial charge on any atom is -0.423 e. The third-order valence-electron chi connectivity index (χ3n) is 4.26. The van der Waals surface area contributed by atoms with Crippen LogP contribution in [0.2, 0.25) is 0 Å². The molecule has 1 aromatic carbocycles. The number of nitrogens with zero attached hydrogens (tertiary/aromatic N) is 1. The highest BCUT2D eigenvalue weighted by atomic mass is 32.1. The van der Waals surface area contributed by atoms with E-state index in [0.29, 0.717) is 32.4 Å². The van der Waals surface area contributed by atoms with Crippen molar-refractivity contribution in [3.05, 3.63) is 57.6 Å². The van der Waals surface area contributed by atoms with Gasteiger partial charge in [0.2, 0.25) is 0 Å². The van der Waals surface area contributed by atoms with Crippen LogP contribution < -0.4 is 10.8 Å². The molecule has 3 N–H and O–H groups in total. The third-order valence-corrected chi connectivity index (χ3v) is 5.25. The van der Waals surface area contributed by atoms with Crippen molar-refractivity contribution in [3.8, 4) is 0 Å². The van der Waals surface area contributed by atoms with Gasteiger partial charge >= 0.3 is 13.3 Å². The zero-order chi connectivity index (χ0) is 20.6. The van der Waals surface area contributed by atoms with Gasteiger partial charge in [0.25, 0.3) is 5.91 Å². The summed E-state index contributed by atoms with van der Waals surface area (Å²) in [5, 5.41) is 21.6. The number of aromatic nitrogens is 1. The second-order valence-electron chi connectivity index (χ2n) is 6.34. The van der Waals surface area contributed by atoms with Gasteiger partial charge in [0, 0.05) is 16.8 Å². The number of hydrogen-bond acceptors (Lipinski definition) is 5. The van der Waals surface area contributed by atoms with Crippen LogP contribution in [0.25, 0.3) is 10.2 Å². The molecule has 0 saturated heterocycles. The van der Waals surface area contributed by atoms with Gasteiger partial charge in [-0.3, -0.25) is 4.79 Å². The molecule has 0 atom stereocenters. The number of rotatable bonds is 4. The number of alkyl halides is 3. The van der Waals surface area contributed by atoms with Crippen molar-refractivity contribution in [1.29, 1.82) is 0 Å². The van der Waals surface area contributed by atoms with Crippen LogP contribution in [0.4, 0.5) is 13.2 Å². The zero-order valence-electron chi connectivity index (χ0n) is 15.0. The lowest BCUT2D eigenvalue weighted by molar-refractivity contribution is -0.141. The molecule has 0 radical (unpaired) electrons. The Labute approximate surface area is 163 Å². The number of hydrogen-bond donors (Lipinski definition) is 3. The second kappa shape index (κ2) is 7.54. The fourth-order valence-corrected chi connectivity index (χ4v) is 4.04. The summed E-state index contributed by atoms with van der Waals surface area (Å²) in [5.41, 5.74) is 0.605. The molecular weight excluding hydrogens is 392 g/mol. The van der Waals surface area contributed by atoms with Crippen molar-refractivity contribution < 1.29 is 28.0 Å². The molecule has 0 fully saturated rings. The molecule has 0 spiro atoms. The molecule has 5 nitrogen and oxygen atoms in total. The largest absolute Gasteiger partial charge is 0.488 e. The van der Waals surface area contributed by atoms with E-state index in [2.05, 4.69) is 10.3 Å². The van der Waals surface area contributed by atoms with E-state index in [-0.39, 0.29) is 11.4 Å². The minimum absolute atomic E-state index is 0.128. The zero-order valence-corrected chi connectivity index (χ0v) is 15.8. The Balaban J connectivity index is 1.90. The van der Waals surface area contributed by atoms with E-state index < -0.39 is 24.9 Å². The van der Waals surface area contributed by atoms with Crippen LogP contribution in [-0.2, 0) is 12.7 Å². The number of aryl methyl sites for hydroxylation is 2. The topological polar surface area (TPSA) is 82.5 Å². The van der Waals surface area contributed by atoms with Crippen molar-refractivity contribution in [2.24, 2.45) is 0 Å². The van der Waals surface area contributed by atoms with E-state index >= 15 is 0 Å². The van der Waals surface area contributed by atoms with Crippen LogP contribution >= 0.6 is 11.3 Å². The summed E-state index contributed by atoms with van der Waals surface area (Å²) in [6.45, 7) is 3.31. The van der Waals surface area contributed by atoms with Gasteiger partial charge in [0.05, 0.1) is 5.56 Å². The molecule has 10 heteroatoms. The summed E-state index contributed by atoms with van der Waals surface area (Å²) >= 11 is 1.04. The Kier molecular flexibility index (Phi) is 5.47. The van der Waals surface area contributed by atoms with Gasteiger partial charge in [-0.2, -0.15) is 13.2 Å². The Morgan fingerprint density at radius 2 is 1.96 bits per heavy atom. The maximum atomic E-state index is 13.0. The van der Waals surface area contributed by atoms with Gasteiger partial charge < -0.3 is 15.4 Å². The molecule has 146 valence electrons. The van der Waals surface area contributed by atoms with Crippen LogP contribution in [0, 0.1) is 13.8 Å². The molecule has 0 saturated carbocycles. The first-order valence-corrected chi connectivity index (χ1v) is 9.10. The molecule has 1 amide bonds. The minimum atomic E-state index is -4.55. The van der Waals surface area contributed by atoms with E-state index in [0.717, 1.165) is 17.4 Å². The highest BCUT2D eigenvalue weighted by Crippen LogP contribution is 2.36. The first kappa shape index (κ1) is 20.3. The van der Waals surface area contributed by atoms with Crippen LogP contribution in [-0.4, -0.2) is 28.1 Å². The lowest BCUT2D eigenvalue weighted by Gasteiger charge is -2.10. The summed E-state index contributed by atoms with van der Waals surface area (Å²) in [7, 11) is -1.62. The molecule has 3 rings (SSSR count). The fourth-order valence-electron chi connectivity index (χ4n) is 2.95. The van der Waals surface area contributed by atoms with Crippen LogP contribution in [0.3, 0.4) is 0 Å². The maximum Gasteiger partial charge on any atom is 0.488 e. The Hall–Kier alpha value is -2.43. The average Bonchev–Trinajstić information content (AvgIpc) is 2.95. The summed E-state index contributed by atoms with van der Waals surface area (Å²) < 4.78 is 39.0. The number of fused-ring (bicyclic) bond motifs is 1. The Morgan fingerprint density at radius 1 is 1.25 bits per heavy atom. The van der Waals surface area contributed by atoms with Crippen molar-refractivity contribution in [2.45, 2.75) is 26.6 Å². The highest BCUT2D eigenvalue weighted by molar-refractivity contribution is 7.19. The summed E-state index contributed by atoms with van der Waals surface area (Å²) in [6.07, 6.45) is -4.55. The lowest BCUT2D eigenvalue weighted by atomic mass is 9.79. The first-order valence-electron chi connectivity index (χ1n) is 8.29. The number of nitrogens with one attached hydrogen (secondary N) is 1. The van der Waals surface area contributed by atoms with Crippen molar-refractivity contribution in [1.82, 2.24) is 10.3 Å². The molecule has 28 heavy (non-hydrogen) atoms.